The number of rotatable bonds is 5. The highest BCUT2D eigenvalue weighted by molar-refractivity contribution is 7.89. The molecule has 1 unspecified atom stereocenters. The van der Waals surface area contributed by atoms with Gasteiger partial charge in [0.25, 0.3) is 0 Å². The van der Waals surface area contributed by atoms with Gasteiger partial charge in [0.15, 0.2) is 0 Å². The smallest absolute Gasteiger partial charge is 0.244 e. The summed E-state index contributed by atoms with van der Waals surface area (Å²) in [6, 6.07) is 11.1. The minimum Gasteiger partial charge on any atom is -0.339 e. The Morgan fingerprint density at radius 2 is 2.07 bits per heavy atom. The molecule has 3 heterocycles. The first kappa shape index (κ1) is 18.8. The Kier molecular flexibility index (Phi) is 5.23. The van der Waals surface area contributed by atoms with Gasteiger partial charge >= 0.3 is 0 Å². The number of nitrogens with zero attached hydrogens (tertiary/aromatic N) is 4. The van der Waals surface area contributed by atoms with Crippen molar-refractivity contribution in [2.24, 2.45) is 5.92 Å². The fourth-order valence-corrected chi connectivity index (χ4v) is 5.10. The van der Waals surface area contributed by atoms with Crippen LogP contribution in [-0.2, 0) is 16.4 Å². The predicted octanol–water partition coefficient (Wildman–Crippen LogP) is 3.08. The number of aryl methyl sites for hydroxylation is 1. The summed E-state index contributed by atoms with van der Waals surface area (Å²) in [6.45, 7) is 2.97. The number of hydrogen-bond donors (Lipinski definition) is 0. The van der Waals surface area contributed by atoms with E-state index < -0.39 is 10.0 Å². The van der Waals surface area contributed by atoms with Gasteiger partial charge in [-0.2, -0.15) is 9.29 Å². The summed E-state index contributed by atoms with van der Waals surface area (Å²) in [5.41, 5.74) is 2.03. The lowest BCUT2D eigenvalue weighted by Crippen LogP contribution is -2.40. The standard InChI is InChI=1S/C20H22N4O3S/c1-15-6-2-3-9-18(15)20-22-19(27-23-20)12-16-7-5-11-24(14-16)28(25,26)17-8-4-10-21-13-17/h2-4,6,8-10,13,16H,5,7,11-12,14H2,1H3. The van der Waals surface area contributed by atoms with Crippen molar-refractivity contribution in [3.63, 3.8) is 0 Å². The Labute approximate surface area is 164 Å². The molecule has 4 rings (SSSR count). The van der Waals surface area contributed by atoms with Gasteiger partial charge in [0.2, 0.25) is 21.7 Å². The topological polar surface area (TPSA) is 89.2 Å². The normalized spacial score (nSPS) is 18.2. The van der Waals surface area contributed by atoms with E-state index in [1.165, 1.54) is 10.5 Å². The van der Waals surface area contributed by atoms with Crippen LogP contribution in [0.15, 0.2) is 58.2 Å². The van der Waals surface area contributed by atoms with Gasteiger partial charge in [-0.1, -0.05) is 29.4 Å². The molecular formula is C20H22N4O3S. The molecule has 1 aromatic carbocycles. The third-order valence-corrected chi connectivity index (χ3v) is 6.92. The molecule has 8 heteroatoms. The van der Waals surface area contributed by atoms with Crippen molar-refractivity contribution in [3.8, 4) is 11.4 Å². The Morgan fingerprint density at radius 3 is 2.86 bits per heavy atom. The molecule has 0 bridgehead atoms. The number of piperidine rings is 1. The third-order valence-electron chi connectivity index (χ3n) is 5.07. The molecule has 146 valence electrons. The highest BCUT2D eigenvalue weighted by atomic mass is 32.2. The van der Waals surface area contributed by atoms with E-state index in [0.29, 0.717) is 31.2 Å². The summed E-state index contributed by atoms with van der Waals surface area (Å²) in [7, 11) is -3.53. The Hall–Kier alpha value is -2.58. The maximum absolute atomic E-state index is 12.8. The lowest BCUT2D eigenvalue weighted by molar-refractivity contribution is 0.247. The van der Waals surface area contributed by atoms with Gasteiger partial charge in [-0.05, 0) is 43.4 Å². The summed E-state index contributed by atoms with van der Waals surface area (Å²) < 4.78 is 32.7. The zero-order chi connectivity index (χ0) is 19.6. The van der Waals surface area contributed by atoms with E-state index >= 15 is 0 Å². The fraction of sp³-hybridized carbons (Fsp3) is 0.350. The Bertz CT molecular complexity index is 1050. The van der Waals surface area contributed by atoms with Crippen LogP contribution in [0.1, 0.15) is 24.3 Å². The average molecular weight is 398 g/mol. The molecule has 3 aromatic rings. The van der Waals surface area contributed by atoms with E-state index in [0.717, 1.165) is 24.0 Å². The molecule has 0 saturated carbocycles. The number of hydrogen-bond acceptors (Lipinski definition) is 6. The van der Waals surface area contributed by atoms with Crippen molar-refractivity contribution in [2.75, 3.05) is 13.1 Å². The highest BCUT2D eigenvalue weighted by Gasteiger charge is 2.31. The van der Waals surface area contributed by atoms with Gasteiger partial charge < -0.3 is 4.52 Å². The van der Waals surface area contributed by atoms with Crippen molar-refractivity contribution in [2.45, 2.75) is 31.1 Å². The molecule has 0 radical (unpaired) electrons. The Morgan fingerprint density at radius 1 is 1.21 bits per heavy atom. The average Bonchev–Trinajstić information content (AvgIpc) is 3.17. The van der Waals surface area contributed by atoms with Crippen LogP contribution in [0.4, 0.5) is 0 Å². The van der Waals surface area contributed by atoms with Gasteiger partial charge in [0.05, 0.1) is 0 Å². The molecule has 1 atom stereocenters. The van der Waals surface area contributed by atoms with Gasteiger partial charge in [-0.15, -0.1) is 0 Å². The number of aromatic nitrogens is 3. The van der Waals surface area contributed by atoms with Crippen LogP contribution in [0.2, 0.25) is 0 Å². The molecule has 0 spiro atoms. The van der Waals surface area contributed by atoms with Crippen LogP contribution in [-0.4, -0.2) is 40.9 Å². The first-order valence-corrected chi connectivity index (χ1v) is 10.8. The summed E-state index contributed by atoms with van der Waals surface area (Å²) in [5.74, 6) is 1.26. The monoisotopic (exact) mass is 398 g/mol. The number of pyridine rings is 1. The van der Waals surface area contributed by atoms with Crippen LogP contribution in [0.3, 0.4) is 0 Å². The maximum Gasteiger partial charge on any atom is 0.244 e. The van der Waals surface area contributed by atoms with E-state index in [1.54, 1.807) is 18.3 Å². The second-order valence-corrected chi connectivity index (χ2v) is 9.03. The van der Waals surface area contributed by atoms with Gasteiger partial charge in [-0.25, -0.2) is 8.42 Å². The lowest BCUT2D eigenvalue weighted by Gasteiger charge is -2.31. The van der Waals surface area contributed by atoms with Crippen molar-refractivity contribution < 1.29 is 12.9 Å². The molecule has 2 aromatic heterocycles. The summed E-state index contributed by atoms with van der Waals surface area (Å²) in [6.07, 6.45) is 5.27. The Balaban J connectivity index is 1.47. The van der Waals surface area contributed by atoms with Gasteiger partial charge in [-0.3, -0.25) is 4.98 Å². The van der Waals surface area contributed by atoms with E-state index in [9.17, 15) is 8.42 Å². The molecule has 1 aliphatic heterocycles. The number of benzene rings is 1. The summed E-state index contributed by atoms with van der Waals surface area (Å²) in [4.78, 5) is 8.69. The van der Waals surface area contributed by atoms with E-state index in [2.05, 4.69) is 15.1 Å². The van der Waals surface area contributed by atoms with Crippen LogP contribution < -0.4 is 0 Å². The minimum atomic E-state index is -3.53. The molecule has 7 nitrogen and oxygen atoms in total. The number of sulfonamides is 1. The summed E-state index contributed by atoms with van der Waals surface area (Å²) in [5, 5.41) is 4.10. The van der Waals surface area contributed by atoms with E-state index in [1.807, 2.05) is 31.2 Å². The van der Waals surface area contributed by atoms with E-state index in [4.69, 9.17) is 4.52 Å². The predicted molar refractivity (Wildman–Crippen MR) is 104 cm³/mol. The molecule has 0 aliphatic carbocycles. The quantitative estimate of drug-likeness (QED) is 0.656. The van der Waals surface area contributed by atoms with Crippen molar-refractivity contribution in [1.29, 1.82) is 0 Å². The largest absolute Gasteiger partial charge is 0.339 e. The second-order valence-electron chi connectivity index (χ2n) is 7.09. The maximum atomic E-state index is 12.8. The van der Waals surface area contributed by atoms with Gasteiger partial charge in [0.1, 0.15) is 4.90 Å². The van der Waals surface area contributed by atoms with Gasteiger partial charge in [0, 0.05) is 37.5 Å². The molecular weight excluding hydrogens is 376 g/mol. The molecule has 0 amide bonds. The third kappa shape index (κ3) is 3.83. The first-order chi connectivity index (χ1) is 13.5. The zero-order valence-corrected chi connectivity index (χ0v) is 16.5. The van der Waals surface area contributed by atoms with Crippen LogP contribution in [0, 0.1) is 12.8 Å². The molecule has 1 aliphatic rings. The highest BCUT2D eigenvalue weighted by Crippen LogP contribution is 2.26. The van der Waals surface area contributed by atoms with Crippen LogP contribution in [0.5, 0.6) is 0 Å². The lowest BCUT2D eigenvalue weighted by atomic mass is 9.96. The van der Waals surface area contributed by atoms with Crippen molar-refractivity contribution >= 4 is 10.0 Å². The minimum absolute atomic E-state index is 0.144. The molecule has 0 N–H and O–H groups in total. The SMILES string of the molecule is Cc1ccccc1-c1noc(CC2CCCN(S(=O)(=O)c3cccnc3)C2)n1. The molecule has 1 saturated heterocycles. The molecule has 28 heavy (non-hydrogen) atoms. The second kappa shape index (κ2) is 7.81. The first-order valence-electron chi connectivity index (χ1n) is 9.33. The zero-order valence-electron chi connectivity index (χ0n) is 15.7. The summed E-state index contributed by atoms with van der Waals surface area (Å²) >= 11 is 0. The van der Waals surface area contributed by atoms with Crippen LogP contribution in [0.25, 0.3) is 11.4 Å². The van der Waals surface area contributed by atoms with Crippen LogP contribution >= 0.6 is 0 Å². The van der Waals surface area contributed by atoms with Crippen molar-refractivity contribution in [3.05, 3.63) is 60.2 Å². The molecule has 1 fully saturated rings. The van der Waals surface area contributed by atoms with Crippen molar-refractivity contribution in [1.82, 2.24) is 19.4 Å². The van der Waals surface area contributed by atoms with E-state index in [-0.39, 0.29) is 10.8 Å². The fourth-order valence-electron chi connectivity index (χ4n) is 3.58.